The summed E-state index contributed by atoms with van der Waals surface area (Å²) in [5.41, 5.74) is 1.23. The van der Waals surface area contributed by atoms with Gasteiger partial charge in [-0.15, -0.1) is 0 Å². The Morgan fingerprint density at radius 1 is 1.06 bits per heavy atom. The van der Waals surface area contributed by atoms with E-state index >= 15 is 0 Å². The summed E-state index contributed by atoms with van der Waals surface area (Å²) in [6.07, 6.45) is 2.08. The molecule has 0 aliphatic carbocycles. The van der Waals surface area contributed by atoms with Crippen LogP contribution >= 0.6 is 15.9 Å². The fraction of sp³-hybridized carbons (Fsp3) is 0.0769. The normalized spacial score (nSPS) is 11.1. The SMILES string of the molecule is Brc1ccc(Cn2ccc3ccccc32)o1. The van der Waals surface area contributed by atoms with Gasteiger partial charge in [0.1, 0.15) is 5.76 Å². The van der Waals surface area contributed by atoms with Crippen molar-refractivity contribution in [3.05, 3.63) is 59.1 Å². The van der Waals surface area contributed by atoms with Crippen molar-refractivity contribution in [3.8, 4) is 0 Å². The molecule has 0 unspecified atom stereocenters. The zero-order chi connectivity index (χ0) is 11.0. The van der Waals surface area contributed by atoms with Gasteiger partial charge in [0.25, 0.3) is 0 Å². The zero-order valence-corrected chi connectivity index (χ0v) is 10.1. The molecule has 2 heterocycles. The largest absolute Gasteiger partial charge is 0.452 e. The molecule has 0 bridgehead atoms. The summed E-state index contributed by atoms with van der Waals surface area (Å²) in [5, 5.41) is 1.26. The second kappa shape index (κ2) is 3.83. The van der Waals surface area contributed by atoms with Crippen molar-refractivity contribution in [3.63, 3.8) is 0 Å². The van der Waals surface area contributed by atoms with E-state index in [-0.39, 0.29) is 0 Å². The van der Waals surface area contributed by atoms with E-state index in [1.165, 1.54) is 10.9 Å². The van der Waals surface area contributed by atoms with Crippen LogP contribution in [0.15, 0.2) is 57.7 Å². The molecule has 3 rings (SSSR count). The monoisotopic (exact) mass is 275 g/mol. The van der Waals surface area contributed by atoms with Crippen LogP contribution in [0.25, 0.3) is 10.9 Å². The molecular formula is C13H10BrNO. The lowest BCUT2D eigenvalue weighted by Gasteiger charge is -2.02. The van der Waals surface area contributed by atoms with E-state index in [0.717, 1.165) is 17.0 Å². The van der Waals surface area contributed by atoms with Crippen LogP contribution in [0, 0.1) is 0 Å². The fourth-order valence-corrected chi connectivity index (χ4v) is 2.22. The van der Waals surface area contributed by atoms with Crippen LogP contribution in [0.4, 0.5) is 0 Å². The van der Waals surface area contributed by atoms with Crippen molar-refractivity contribution < 1.29 is 4.42 Å². The van der Waals surface area contributed by atoms with E-state index < -0.39 is 0 Å². The van der Waals surface area contributed by atoms with Crippen molar-refractivity contribution in [2.24, 2.45) is 0 Å². The van der Waals surface area contributed by atoms with Gasteiger partial charge in [0.15, 0.2) is 4.67 Å². The topological polar surface area (TPSA) is 18.1 Å². The van der Waals surface area contributed by atoms with Gasteiger partial charge in [-0.3, -0.25) is 0 Å². The van der Waals surface area contributed by atoms with E-state index in [9.17, 15) is 0 Å². The first-order chi connectivity index (χ1) is 7.83. The Labute approximate surface area is 102 Å². The van der Waals surface area contributed by atoms with Crippen molar-refractivity contribution >= 4 is 26.8 Å². The Morgan fingerprint density at radius 2 is 1.94 bits per heavy atom. The highest BCUT2D eigenvalue weighted by atomic mass is 79.9. The van der Waals surface area contributed by atoms with E-state index in [1.807, 2.05) is 12.1 Å². The number of furan rings is 1. The third kappa shape index (κ3) is 1.67. The molecule has 0 spiro atoms. The Balaban J connectivity index is 2.00. The predicted octanol–water partition coefficient (Wildman–Crippen LogP) is 4.05. The van der Waals surface area contributed by atoms with Gasteiger partial charge < -0.3 is 8.98 Å². The van der Waals surface area contributed by atoms with Crippen LogP contribution < -0.4 is 0 Å². The van der Waals surface area contributed by atoms with E-state index in [1.54, 1.807) is 0 Å². The molecule has 1 aromatic carbocycles. The minimum atomic E-state index is 0.763. The minimum absolute atomic E-state index is 0.763. The summed E-state index contributed by atoms with van der Waals surface area (Å²) >= 11 is 3.31. The number of para-hydroxylation sites is 1. The van der Waals surface area contributed by atoms with Gasteiger partial charge in [-0.1, -0.05) is 18.2 Å². The molecule has 0 aliphatic rings. The summed E-state index contributed by atoms with van der Waals surface area (Å²) in [6.45, 7) is 0.763. The average Bonchev–Trinajstić information content (AvgIpc) is 2.87. The summed E-state index contributed by atoms with van der Waals surface area (Å²) < 4.78 is 8.46. The molecule has 0 saturated carbocycles. The van der Waals surface area contributed by atoms with Gasteiger partial charge in [0.2, 0.25) is 0 Å². The van der Waals surface area contributed by atoms with E-state index in [2.05, 4.69) is 57.0 Å². The molecular weight excluding hydrogens is 266 g/mol. The number of hydrogen-bond donors (Lipinski definition) is 0. The summed E-state index contributed by atoms with van der Waals surface area (Å²) in [4.78, 5) is 0. The van der Waals surface area contributed by atoms with Crippen LogP contribution in [-0.2, 0) is 6.54 Å². The van der Waals surface area contributed by atoms with Gasteiger partial charge in [-0.2, -0.15) is 0 Å². The number of halogens is 1. The molecule has 0 saturated heterocycles. The highest BCUT2D eigenvalue weighted by Gasteiger charge is 2.03. The number of hydrogen-bond acceptors (Lipinski definition) is 1. The number of rotatable bonds is 2. The smallest absolute Gasteiger partial charge is 0.169 e. The number of fused-ring (bicyclic) bond motifs is 1. The third-order valence-corrected chi connectivity index (χ3v) is 3.06. The first kappa shape index (κ1) is 9.73. The van der Waals surface area contributed by atoms with E-state index in [4.69, 9.17) is 4.42 Å². The van der Waals surface area contributed by atoms with Crippen LogP contribution in [0.2, 0.25) is 0 Å². The maximum absolute atomic E-state index is 5.50. The number of aromatic nitrogens is 1. The molecule has 3 heteroatoms. The van der Waals surface area contributed by atoms with Crippen molar-refractivity contribution in [2.45, 2.75) is 6.54 Å². The molecule has 0 amide bonds. The summed E-state index contributed by atoms with van der Waals surface area (Å²) in [7, 11) is 0. The second-order valence-corrected chi connectivity index (χ2v) is 4.49. The average molecular weight is 276 g/mol. The lowest BCUT2D eigenvalue weighted by molar-refractivity contribution is 0.477. The summed E-state index contributed by atoms with van der Waals surface area (Å²) in [5.74, 6) is 0.952. The van der Waals surface area contributed by atoms with Crippen molar-refractivity contribution in [2.75, 3.05) is 0 Å². The fourth-order valence-electron chi connectivity index (χ4n) is 1.88. The Bertz CT molecular complexity index is 623. The zero-order valence-electron chi connectivity index (χ0n) is 8.56. The maximum atomic E-state index is 5.50. The van der Waals surface area contributed by atoms with Gasteiger partial charge >= 0.3 is 0 Å². The van der Waals surface area contributed by atoms with Crippen LogP contribution in [0.5, 0.6) is 0 Å². The van der Waals surface area contributed by atoms with Gasteiger partial charge in [0, 0.05) is 11.7 Å². The minimum Gasteiger partial charge on any atom is -0.452 e. The molecule has 0 N–H and O–H groups in total. The van der Waals surface area contributed by atoms with Gasteiger partial charge in [-0.25, -0.2) is 0 Å². The van der Waals surface area contributed by atoms with Gasteiger partial charge in [-0.05, 0) is 45.6 Å². The number of nitrogens with zero attached hydrogens (tertiary/aromatic N) is 1. The van der Waals surface area contributed by atoms with E-state index in [0.29, 0.717) is 0 Å². The Kier molecular flexibility index (Phi) is 2.33. The molecule has 0 fully saturated rings. The Hall–Kier alpha value is -1.48. The van der Waals surface area contributed by atoms with Crippen LogP contribution in [0.1, 0.15) is 5.76 Å². The molecule has 16 heavy (non-hydrogen) atoms. The predicted molar refractivity (Wildman–Crippen MR) is 67.4 cm³/mol. The first-order valence-corrected chi connectivity index (χ1v) is 5.90. The lowest BCUT2D eigenvalue weighted by Crippen LogP contribution is -1.95. The lowest BCUT2D eigenvalue weighted by atomic mass is 10.2. The first-order valence-electron chi connectivity index (χ1n) is 5.11. The summed E-state index contributed by atoms with van der Waals surface area (Å²) in [6, 6.07) is 14.4. The van der Waals surface area contributed by atoms with Gasteiger partial charge in [0.05, 0.1) is 6.54 Å². The molecule has 0 aliphatic heterocycles. The molecule has 0 atom stereocenters. The standard InChI is InChI=1S/C13H10BrNO/c14-13-6-5-11(16-13)9-15-8-7-10-3-1-2-4-12(10)15/h1-8H,9H2. The highest BCUT2D eigenvalue weighted by molar-refractivity contribution is 9.10. The quantitative estimate of drug-likeness (QED) is 0.690. The van der Waals surface area contributed by atoms with Crippen molar-refractivity contribution in [1.29, 1.82) is 0 Å². The second-order valence-electron chi connectivity index (χ2n) is 3.71. The van der Waals surface area contributed by atoms with Crippen LogP contribution in [-0.4, -0.2) is 4.57 Å². The van der Waals surface area contributed by atoms with Crippen LogP contribution in [0.3, 0.4) is 0 Å². The van der Waals surface area contributed by atoms with Crippen molar-refractivity contribution in [1.82, 2.24) is 4.57 Å². The molecule has 2 nitrogen and oxygen atoms in total. The molecule has 80 valence electrons. The number of benzene rings is 1. The maximum Gasteiger partial charge on any atom is 0.169 e. The molecule has 3 aromatic rings. The molecule has 0 radical (unpaired) electrons. The third-order valence-electron chi connectivity index (χ3n) is 2.64. The highest BCUT2D eigenvalue weighted by Crippen LogP contribution is 2.19. The Morgan fingerprint density at radius 3 is 2.75 bits per heavy atom. The molecule has 2 aromatic heterocycles.